The molecule has 1 fully saturated rings. The number of hydrogen-bond donors (Lipinski definition) is 3. The molecule has 7 heteroatoms. The molecule has 0 aromatic carbocycles. The van der Waals surface area contributed by atoms with E-state index in [1.807, 2.05) is 6.92 Å². The number of hydrogen-bond acceptors (Lipinski definition) is 7. The quantitative estimate of drug-likeness (QED) is 0.548. The average Bonchev–Trinajstić information content (AvgIpc) is 3.08. The van der Waals surface area contributed by atoms with E-state index in [0.29, 0.717) is 12.5 Å². The van der Waals surface area contributed by atoms with E-state index in [1.165, 1.54) is 5.01 Å². The lowest BCUT2D eigenvalue weighted by molar-refractivity contribution is -0.113. The summed E-state index contributed by atoms with van der Waals surface area (Å²) in [5.41, 5.74) is 5.67. The maximum Gasteiger partial charge on any atom is 0.215 e. The monoisotopic (exact) mass is 238 g/mol. The van der Waals surface area contributed by atoms with Crippen molar-refractivity contribution in [2.45, 2.75) is 44.9 Å². The summed E-state index contributed by atoms with van der Waals surface area (Å²) in [7, 11) is 0. The Balaban J connectivity index is 2.10. The summed E-state index contributed by atoms with van der Waals surface area (Å²) in [5, 5.41) is 4.45. The van der Waals surface area contributed by atoms with E-state index < -0.39 is 6.29 Å². The van der Waals surface area contributed by atoms with E-state index >= 15 is 0 Å². The third-order valence-corrected chi connectivity index (χ3v) is 2.68. The lowest BCUT2D eigenvalue weighted by atomic mass is 10.2. The summed E-state index contributed by atoms with van der Waals surface area (Å²) in [6.45, 7) is 1.93. The number of nitrogens with two attached hydrogens (primary N) is 2. The number of guanidine groups is 1. The van der Waals surface area contributed by atoms with Gasteiger partial charge in [-0.05, 0) is 19.3 Å². The summed E-state index contributed by atoms with van der Waals surface area (Å²) >= 11 is 0. The fourth-order valence-electron chi connectivity index (χ4n) is 1.55. The molecule has 0 amide bonds. The van der Waals surface area contributed by atoms with Gasteiger partial charge in [-0.3, -0.25) is 10.1 Å². The van der Waals surface area contributed by atoms with Crippen LogP contribution in [0.4, 0.5) is 0 Å². The first kappa shape index (κ1) is 12.0. The van der Waals surface area contributed by atoms with Gasteiger partial charge in [0, 0.05) is 12.5 Å². The predicted octanol–water partition coefficient (Wildman–Crippen LogP) is -0.706. The van der Waals surface area contributed by atoms with Gasteiger partial charge < -0.3 is 5.73 Å². The van der Waals surface area contributed by atoms with Crippen LogP contribution >= 0.6 is 0 Å². The van der Waals surface area contributed by atoms with Crippen molar-refractivity contribution in [1.82, 2.24) is 10.3 Å². The number of rotatable bonds is 5. The molecule has 94 valence electrons. The van der Waals surface area contributed by atoms with Crippen LogP contribution in [0.25, 0.3) is 0 Å². The molecule has 0 aromatic rings. The van der Waals surface area contributed by atoms with Crippen LogP contribution in [0, 0.1) is 0 Å². The van der Waals surface area contributed by atoms with Crippen molar-refractivity contribution in [2.75, 3.05) is 0 Å². The predicted molar refractivity (Wildman–Crippen MR) is 64.9 cm³/mol. The van der Waals surface area contributed by atoms with E-state index in [2.05, 4.69) is 15.3 Å². The molecule has 0 radical (unpaired) electrons. The fourth-order valence-corrected chi connectivity index (χ4v) is 1.55. The van der Waals surface area contributed by atoms with Crippen molar-refractivity contribution in [2.24, 2.45) is 21.6 Å². The highest BCUT2D eigenvalue weighted by Gasteiger charge is 2.30. The average molecular weight is 238 g/mol. The van der Waals surface area contributed by atoms with E-state index in [-0.39, 0.29) is 17.6 Å². The number of carbonyl (C=O) groups excluding carboxylic acids is 1. The van der Waals surface area contributed by atoms with Gasteiger partial charge in [-0.2, -0.15) is 4.99 Å². The number of nitrogens with one attached hydrogen (secondary N) is 1. The highest BCUT2D eigenvalue weighted by molar-refractivity contribution is 6.41. The van der Waals surface area contributed by atoms with Crippen molar-refractivity contribution >= 4 is 17.6 Å². The molecule has 1 unspecified atom stereocenters. The Morgan fingerprint density at radius 1 is 1.59 bits per heavy atom. The second kappa shape index (κ2) is 4.80. The number of Topliss-reactive ketones (excluding diaryl/α,β-unsaturated/α-hetero) is 1. The van der Waals surface area contributed by atoms with Crippen LogP contribution in [0.15, 0.2) is 9.98 Å². The van der Waals surface area contributed by atoms with E-state index in [4.69, 9.17) is 11.6 Å². The Hall–Kier alpha value is -1.47. The second-order valence-corrected chi connectivity index (χ2v) is 4.32. The molecule has 17 heavy (non-hydrogen) atoms. The minimum atomic E-state index is -0.476. The van der Waals surface area contributed by atoms with Crippen molar-refractivity contribution in [3.05, 3.63) is 0 Å². The van der Waals surface area contributed by atoms with Gasteiger partial charge in [0.15, 0.2) is 17.9 Å². The Bertz CT molecular complexity index is 373. The minimum absolute atomic E-state index is 0.0915. The zero-order valence-corrected chi connectivity index (χ0v) is 9.89. The van der Waals surface area contributed by atoms with Crippen LogP contribution in [-0.2, 0) is 4.79 Å². The molecule has 1 aliphatic carbocycles. The molecule has 1 aliphatic heterocycles. The first-order valence-corrected chi connectivity index (χ1v) is 5.87. The molecule has 1 saturated carbocycles. The molecule has 0 spiro atoms. The number of aliphatic imine (C=N–C) groups is 2. The molecule has 1 heterocycles. The molecular weight excluding hydrogens is 220 g/mol. The number of amidine groups is 1. The van der Waals surface area contributed by atoms with Gasteiger partial charge in [0.25, 0.3) is 0 Å². The van der Waals surface area contributed by atoms with Gasteiger partial charge in [0.05, 0.1) is 0 Å². The Morgan fingerprint density at radius 3 is 2.88 bits per heavy atom. The molecule has 2 aliphatic rings. The maximum absolute atomic E-state index is 11.7. The van der Waals surface area contributed by atoms with Crippen molar-refractivity contribution < 1.29 is 4.79 Å². The molecule has 0 aromatic heterocycles. The zero-order chi connectivity index (χ0) is 12.4. The summed E-state index contributed by atoms with van der Waals surface area (Å²) in [6, 6.07) is 0.420. The highest BCUT2D eigenvalue weighted by Crippen LogP contribution is 2.20. The Kier molecular flexibility index (Phi) is 3.39. The number of ketones is 1. The first-order chi connectivity index (χ1) is 8.11. The van der Waals surface area contributed by atoms with E-state index in [9.17, 15) is 4.79 Å². The SMILES string of the molecule is CCCC(=O)C1=NC(NC2CC2)N(N)C(N)=N1. The van der Waals surface area contributed by atoms with Crippen molar-refractivity contribution in [1.29, 1.82) is 0 Å². The first-order valence-electron chi connectivity index (χ1n) is 5.87. The van der Waals surface area contributed by atoms with Gasteiger partial charge in [0.1, 0.15) is 0 Å². The molecule has 2 rings (SSSR count). The summed E-state index contributed by atoms with van der Waals surface area (Å²) < 4.78 is 0. The van der Waals surface area contributed by atoms with Crippen LogP contribution in [0.5, 0.6) is 0 Å². The fraction of sp³-hybridized carbons (Fsp3) is 0.700. The van der Waals surface area contributed by atoms with Gasteiger partial charge in [-0.1, -0.05) is 6.92 Å². The zero-order valence-electron chi connectivity index (χ0n) is 9.89. The smallest absolute Gasteiger partial charge is 0.215 e. The van der Waals surface area contributed by atoms with Crippen molar-refractivity contribution in [3.8, 4) is 0 Å². The van der Waals surface area contributed by atoms with Crippen LogP contribution in [0.3, 0.4) is 0 Å². The summed E-state index contributed by atoms with van der Waals surface area (Å²) in [4.78, 5) is 19.8. The standard InChI is InChI=1S/C10H18N6O/c1-2-3-7(17)8-14-9(11)16(12)10(15-8)13-6-4-5-6/h6,10,13H,2-5,12H2,1H3,(H2,11,14,15). The lowest BCUT2D eigenvalue weighted by Crippen LogP contribution is -2.57. The van der Waals surface area contributed by atoms with Crippen molar-refractivity contribution in [3.63, 3.8) is 0 Å². The molecule has 7 nitrogen and oxygen atoms in total. The van der Waals surface area contributed by atoms with Crippen LogP contribution in [0.2, 0.25) is 0 Å². The number of carbonyl (C=O) groups is 1. The van der Waals surface area contributed by atoms with E-state index in [0.717, 1.165) is 19.3 Å². The molecule has 0 saturated heterocycles. The van der Waals surface area contributed by atoms with Crippen LogP contribution in [0.1, 0.15) is 32.6 Å². The molecule has 5 N–H and O–H groups in total. The number of nitrogens with zero attached hydrogens (tertiary/aromatic N) is 3. The lowest BCUT2D eigenvalue weighted by Gasteiger charge is -2.29. The van der Waals surface area contributed by atoms with Crippen LogP contribution < -0.4 is 16.9 Å². The van der Waals surface area contributed by atoms with Gasteiger partial charge in [-0.25, -0.2) is 15.8 Å². The minimum Gasteiger partial charge on any atom is -0.368 e. The second-order valence-electron chi connectivity index (χ2n) is 4.32. The largest absolute Gasteiger partial charge is 0.368 e. The number of hydrazine groups is 1. The molecular formula is C10H18N6O. The summed E-state index contributed by atoms with van der Waals surface area (Å²) in [6.07, 6.45) is 2.93. The van der Waals surface area contributed by atoms with Crippen LogP contribution in [-0.4, -0.2) is 34.9 Å². The third-order valence-electron chi connectivity index (χ3n) is 2.68. The van der Waals surface area contributed by atoms with Gasteiger partial charge in [0.2, 0.25) is 5.96 Å². The third kappa shape index (κ3) is 2.80. The summed E-state index contributed by atoms with van der Waals surface area (Å²) in [5.74, 6) is 5.93. The molecule has 0 bridgehead atoms. The Labute approximate surface area is 99.9 Å². The maximum atomic E-state index is 11.7. The topological polar surface area (TPSA) is 109 Å². The van der Waals surface area contributed by atoms with Gasteiger partial charge >= 0.3 is 0 Å². The highest BCUT2D eigenvalue weighted by atomic mass is 16.1. The van der Waals surface area contributed by atoms with E-state index in [1.54, 1.807) is 0 Å². The normalized spacial score (nSPS) is 24.4. The molecule has 1 atom stereocenters. The van der Waals surface area contributed by atoms with Gasteiger partial charge in [-0.15, -0.1) is 0 Å². The Morgan fingerprint density at radius 2 is 2.29 bits per heavy atom.